The number of ketones is 1. The Kier molecular flexibility index (Phi) is 8.19. The Bertz CT molecular complexity index is 1380. The van der Waals surface area contributed by atoms with Gasteiger partial charge < -0.3 is 19.3 Å². The topological polar surface area (TPSA) is 85.3 Å². The summed E-state index contributed by atoms with van der Waals surface area (Å²) in [5, 5.41) is 11.7. The number of anilines is 1. The number of nitrogens with zero attached hydrogens (tertiary/aromatic N) is 1. The van der Waals surface area contributed by atoms with Gasteiger partial charge in [0.1, 0.15) is 17.3 Å². The van der Waals surface area contributed by atoms with Gasteiger partial charge in [0, 0.05) is 11.3 Å². The van der Waals surface area contributed by atoms with E-state index in [0.29, 0.717) is 35.3 Å². The molecule has 3 aromatic rings. The average molecular weight is 556 g/mol. The third kappa shape index (κ3) is 5.30. The lowest BCUT2D eigenvalue weighted by atomic mass is 9.95. The lowest BCUT2D eigenvalue weighted by molar-refractivity contribution is -0.132. The van der Waals surface area contributed by atoms with Gasteiger partial charge in [-0.1, -0.05) is 49.2 Å². The van der Waals surface area contributed by atoms with Crippen LogP contribution in [0.25, 0.3) is 5.76 Å². The van der Waals surface area contributed by atoms with Gasteiger partial charge in [-0.3, -0.25) is 14.5 Å². The number of rotatable bonds is 8. The van der Waals surface area contributed by atoms with E-state index in [-0.39, 0.29) is 26.9 Å². The fourth-order valence-corrected chi connectivity index (χ4v) is 4.88. The Morgan fingerprint density at radius 1 is 0.947 bits per heavy atom. The average Bonchev–Trinajstić information content (AvgIpc) is 3.17. The van der Waals surface area contributed by atoms with E-state index >= 15 is 0 Å². The molecule has 0 aromatic heterocycles. The van der Waals surface area contributed by atoms with Gasteiger partial charge >= 0.3 is 0 Å². The molecule has 38 heavy (non-hydrogen) atoms. The van der Waals surface area contributed by atoms with Crippen molar-refractivity contribution in [2.45, 2.75) is 19.9 Å². The zero-order valence-electron chi connectivity index (χ0n) is 21.3. The van der Waals surface area contributed by atoms with Crippen LogP contribution in [0.15, 0.2) is 66.2 Å². The Labute approximate surface area is 231 Å². The van der Waals surface area contributed by atoms with E-state index in [1.807, 2.05) is 13.8 Å². The SMILES string of the molecule is COc1cccc(C2/C(=C(\O)c3cc(Cl)c(OC)c(Cl)c3)C(=O)C(=O)N2c2ccc(OCC(C)C)cc2)c1. The van der Waals surface area contributed by atoms with Crippen molar-refractivity contribution in [3.8, 4) is 17.2 Å². The molecule has 1 heterocycles. The standard InChI is InChI=1S/C29H27Cl2NO6/c1-16(2)15-38-20-10-8-19(9-11-20)32-25(17-6-5-7-21(12-17)36-3)24(27(34)29(32)35)26(33)18-13-22(30)28(37-4)23(31)14-18/h5-14,16,25,33H,15H2,1-4H3/b26-24+. The molecule has 7 nitrogen and oxygen atoms in total. The largest absolute Gasteiger partial charge is 0.507 e. The summed E-state index contributed by atoms with van der Waals surface area (Å²) >= 11 is 12.6. The van der Waals surface area contributed by atoms with Crippen molar-refractivity contribution in [2.24, 2.45) is 5.92 Å². The molecule has 4 rings (SSSR count). The number of hydrogen-bond acceptors (Lipinski definition) is 6. The summed E-state index contributed by atoms with van der Waals surface area (Å²) < 4.78 is 16.3. The molecular weight excluding hydrogens is 529 g/mol. The van der Waals surface area contributed by atoms with Gasteiger partial charge in [0.05, 0.1) is 42.5 Å². The summed E-state index contributed by atoms with van der Waals surface area (Å²) in [6.45, 7) is 4.64. The number of halogens is 2. The minimum atomic E-state index is -0.952. The van der Waals surface area contributed by atoms with Crippen LogP contribution >= 0.6 is 23.2 Å². The van der Waals surface area contributed by atoms with Crippen molar-refractivity contribution >= 4 is 46.3 Å². The van der Waals surface area contributed by atoms with Crippen molar-refractivity contribution < 1.29 is 28.9 Å². The predicted molar refractivity (Wildman–Crippen MR) is 148 cm³/mol. The van der Waals surface area contributed by atoms with Crippen LogP contribution < -0.4 is 19.1 Å². The van der Waals surface area contributed by atoms with Gasteiger partial charge in [-0.15, -0.1) is 0 Å². The molecule has 1 N–H and O–H groups in total. The monoisotopic (exact) mass is 555 g/mol. The van der Waals surface area contributed by atoms with Crippen LogP contribution in [0, 0.1) is 5.92 Å². The maximum Gasteiger partial charge on any atom is 0.300 e. The Morgan fingerprint density at radius 3 is 2.18 bits per heavy atom. The van der Waals surface area contributed by atoms with E-state index in [2.05, 4.69) is 0 Å². The number of aliphatic hydroxyl groups excluding tert-OH is 1. The van der Waals surface area contributed by atoms with E-state index in [1.165, 1.54) is 31.3 Å². The molecule has 1 aliphatic heterocycles. The number of carbonyl (C=O) groups excluding carboxylic acids is 2. The summed E-state index contributed by atoms with van der Waals surface area (Å²) in [7, 11) is 2.94. The van der Waals surface area contributed by atoms with E-state index in [4.69, 9.17) is 37.4 Å². The molecular formula is C29H27Cl2NO6. The van der Waals surface area contributed by atoms with Gasteiger partial charge in [0.15, 0.2) is 5.75 Å². The summed E-state index contributed by atoms with van der Waals surface area (Å²) in [6, 6.07) is 15.8. The summed E-state index contributed by atoms with van der Waals surface area (Å²) in [5.41, 5.74) is 1.09. The molecule has 0 aliphatic carbocycles. The second kappa shape index (κ2) is 11.4. The molecule has 1 unspecified atom stereocenters. The van der Waals surface area contributed by atoms with Crippen molar-refractivity contribution in [3.05, 3.63) is 87.4 Å². The van der Waals surface area contributed by atoms with Crippen molar-refractivity contribution in [1.29, 1.82) is 0 Å². The zero-order valence-corrected chi connectivity index (χ0v) is 22.8. The molecule has 1 saturated heterocycles. The molecule has 0 spiro atoms. The lowest BCUT2D eigenvalue weighted by Crippen LogP contribution is -2.29. The maximum atomic E-state index is 13.4. The molecule has 1 fully saturated rings. The van der Waals surface area contributed by atoms with Crippen LogP contribution in [0.5, 0.6) is 17.2 Å². The number of ether oxygens (including phenoxy) is 3. The highest BCUT2D eigenvalue weighted by atomic mass is 35.5. The van der Waals surface area contributed by atoms with E-state index < -0.39 is 23.5 Å². The maximum absolute atomic E-state index is 13.4. The molecule has 0 bridgehead atoms. The van der Waals surface area contributed by atoms with Crippen LogP contribution in [0.4, 0.5) is 5.69 Å². The van der Waals surface area contributed by atoms with Crippen LogP contribution in [0.1, 0.15) is 31.0 Å². The first-order valence-corrected chi connectivity index (χ1v) is 12.6. The first-order chi connectivity index (χ1) is 18.2. The van der Waals surface area contributed by atoms with Crippen molar-refractivity contribution in [1.82, 2.24) is 0 Å². The number of amides is 1. The summed E-state index contributed by atoms with van der Waals surface area (Å²) in [4.78, 5) is 28.2. The quantitative estimate of drug-likeness (QED) is 0.190. The predicted octanol–water partition coefficient (Wildman–Crippen LogP) is 6.67. The fraction of sp³-hybridized carbons (Fsp3) is 0.241. The van der Waals surface area contributed by atoms with E-state index in [1.54, 1.807) is 48.5 Å². The highest BCUT2D eigenvalue weighted by Gasteiger charge is 2.47. The molecule has 1 aliphatic rings. The minimum absolute atomic E-state index is 0.110. The third-order valence-electron chi connectivity index (χ3n) is 6.03. The van der Waals surface area contributed by atoms with Gasteiger partial charge in [-0.2, -0.15) is 0 Å². The number of hydrogen-bond donors (Lipinski definition) is 1. The number of carbonyl (C=O) groups is 2. The van der Waals surface area contributed by atoms with Crippen molar-refractivity contribution in [3.63, 3.8) is 0 Å². The second-order valence-corrected chi connectivity index (χ2v) is 9.93. The highest BCUT2D eigenvalue weighted by molar-refractivity contribution is 6.51. The number of aliphatic hydroxyl groups is 1. The molecule has 9 heteroatoms. The molecule has 3 aromatic carbocycles. The van der Waals surface area contributed by atoms with Crippen LogP contribution in [0.2, 0.25) is 10.0 Å². The zero-order chi connectivity index (χ0) is 27.6. The van der Waals surface area contributed by atoms with E-state index in [9.17, 15) is 14.7 Å². The van der Waals surface area contributed by atoms with Crippen molar-refractivity contribution in [2.75, 3.05) is 25.7 Å². The lowest BCUT2D eigenvalue weighted by Gasteiger charge is -2.26. The van der Waals surface area contributed by atoms with Gasteiger partial charge in [0.25, 0.3) is 11.7 Å². The third-order valence-corrected chi connectivity index (χ3v) is 6.59. The number of methoxy groups -OCH3 is 2. The van der Waals surface area contributed by atoms with Gasteiger partial charge in [-0.05, 0) is 60.0 Å². The van der Waals surface area contributed by atoms with Gasteiger partial charge in [-0.25, -0.2) is 0 Å². The number of Topliss-reactive ketones (excluding diaryl/α,β-unsaturated/α-hetero) is 1. The smallest absolute Gasteiger partial charge is 0.300 e. The minimum Gasteiger partial charge on any atom is -0.507 e. The van der Waals surface area contributed by atoms with E-state index in [0.717, 1.165) is 0 Å². The van der Waals surface area contributed by atoms with Gasteiger partial charge in [0.2, 0.25) is 0 Å². The summed E-state index contributed by atoms with van der Waals surface area (Å²) in [5.74, 6) is -0.308. The molecule has 0 saturated carbocycles. The highest BCUT2D eigenvalue weighted by Crippen LogP contribution is 2.44. The Balaban J connectivity index is 1.87. The van der Waals surface area contributed by atoms with Crippen LogP contribution in [0.3, 0.4) is 0 Å². The van der Waals surface area contributed by atoms with Crippen LogP contribution in [-0.2, 0) is 9.59 Å². The normalized spacial score (nSPS) is 16.7. The Morgan fingerprint density at radius 2 is 1.61 bits per heavy atom. The summed E-state index contributed by atoms with van der Waals surface area (Å²) in [6.07, 6.45) is 0. The first-order valence-electron chi connectivity index (χ1n) is 11.9. The molecule has 198 valence electrons. The Hall–Kier alpha value is -3.68. The molecule has 0 radical (unpaired) electrons. The fourth-order valence-electron chi connectivity index (χ4n) is 4.24. The van der Waals surface area contributed by atoms with Crippen LogP contribution in [-0.4, -0.2) is 37.6 Å². The molecule has 1 amide bonds. The molecule has 1 atom stereocenters. The first kappa shape index (κ1) is 27.4. The second-order valence-electron chi connectivity index (χ2n) is 9.12. The number of benzene rings is 3.